The number of nitrogens with one attached hydrogen (secondary N) is 1. The van der Waals surface area contributed by atoms with Crippen molar-refractivity contribution in [3.05, 3.63) is 12.2 Å². The molecule has 1 saturated heterocycles. The number of hydrogen-bond donors (Lipinski definition) is 1. The highest BCUT2D eigenvalue weighted by Gasteiger charge is 2.42. The van der Waals surface area contributed by atoms with Crippen LogP contribution in [0.4, 0.5) is 0 Å². The lowest BCUT2D eigenvalue weighted by atomic mass is 9.84. The van der Waals surface area contributed by atoms with Crippen molar-refractivity contribution in [2.45, 2.75) is 19.4 Å². The summed E-state index contributed by atoms with van der Waals surface area (Å²) in [5.41, 5.74) is 0.956. The van der Waals surface area contributed by atoms with E-state index in [1.807, 2.05) is 6.92 Å². The summed E-state index contributed by atoms with van der Waals surface area (Å²) in [5.74, 6) is -0.716. The molecule has 0 aliphatic carbocycles. The van der Waals surface area contributed by atoms with Gasteiger partial charge in [-0.15, -0.1) is 12.4 Å². The predicted octanol–water partition coefficient (Wildman–Crippen LogP) is 0.925. The van der Waals surface area contributed by atoms with Gasteiger partial charge in [0.05, 0.1) is 20.6 Å². The molecule has 0 saturated carbocycles. The summed E-state index contributed by atoms with van der Waals surface area (Å²) in [7, 11) is 2.68. The first-order chi connectivity index (χ1) is 8.01. The minimum Gasteiger partial charge on any atom is -0.469 e. The summed E-state index contributed by atoms with van der Waals surface area (Å²) in [5, 5.41) is 3.08. The van der Waals surface area contributed by atoms with Crippen LogP contribution in [0.1, 0.15) is 13.3 Å². The van der Waals surface area contributed by atoms with Crippen molar-refractivity contribution >= 4 is 24.3 Å². The molecule has 1 rings (SSSR count). The van der Waals surface area contributed by atoms with Crippen molar-refractivity contribution in [1.82, 2.24) is 5.32 Å². The van der Waals surface area contributed by atoms with Gasteiger partial charge in [-0.05, 0) is 12.8 Å². The van der Waals surface area contributed by atoms with Gasteiger partial charge in [0.25, 0.3) is 0 Å². The largest absolute Gasteiger partial charge is 0.469 e. The summed E-state index contributed by atoms with van der Waals surface area (Å²) in [6.45, 7) is 6.43. The second-order valence-corrected chi connectivity index (χ2v) is 4.31. The van der Waals surface area contributed by atoms with E-state index in [1.54, 1.807) is 0 Å². The van der Waals surface area contributed by atoms with Crippen LogP contribution in [0.15, 0.2) is 12.2 Å². The van der Waals surface area contributed by atoms with Crippen LogP contribution in [-0.2, 0) is 19.1 Å². The number of rotatable bonds is 4. The minimum atomic E-state index is -0.458. The van der Waals surface area contributed by atoms with Gasteiger partial charge in [0, 0.05) is 12.5 Å². The van der Waals surface area contributed by atoms with Gasteiger partial charge < -0.3 is 14.8 Å². The highest BCUT2D eigenvalue weighted by atomic mass is 35.5. The quantitative estimate of drug-likeness (QED) is 0.612. The Labute approximate surface area is 113 Å². The van der Waals surface area contributed by atoms with Crippen LogP contribution < -0.4 is 5.32 Å². The number of esters is 2. The van der Waals surface area contributed by atoms with E-state index < -0.39 is 6.04 Å². The number of halogens is 1. The Hall–Kier alpha value is -1.07. The molecule has 1 aliphatic rings. The monoisotopic (exact) mass is 277 g/mol. The number of ether oxygens (including phenoxy) is 2. The summed E-state index contributed by atoms with van der Waals surface area (Å²) in [6.07, 6.45) is 0.195. The molecule has 0 bridgehead atoms. The Kier molecular flexibility index (Phi) is 6.94. The van der Waals surface area contributed by atoms with Crippen molar-refractivity contribution in [2.24, 2.45) is 11.8 Å². The zero-order chi connectivity index (χ0) is 13.0. The molecule has 3 unspecified atom stereocenters. The van der Waals surface area contributed by atoms with Crippen LogP contribution in [0.5, 0.6) is 0 Å². The number of hydrogen-bond acceptors (Lipinski definition) is 5. The maximum absolute atomic E-state index is 11.6. The number of methoxy groups -OCH3 is 2. The third-order valence-corrected chi connectivity index (χ3v) is 3.22. The van der Waals surface area contributed by atoms with Crippen LogP contribution in [-0.4, -0.2) is 38.7 Å². The van der Waals surface area contributed by atoms with Gasteiger partial charge in [0.15, 0.2) is 0 Å². The molecule has 3 atom stereocenters. The summed E-state index contributed by atoms with van der Waals surface area (Å²) >= 11 is 0. The molecule has 0 aromatic rings. The van der Waals surface area contributed by atoms with Gasteiger partial charge in [-0.25, -0.2) is 0 Å². The zero-order valence-electron chi connectivity index (χ0n) is 10.9. The van der Waals surface area contributed by atoms with Gasteiger partial charge in [-0.2, -0.15) is 0 Å². The van der Waals surface area contributed by atoms with Crippen molar-refractivity contribution < 1.29 is 19.1 Å². The van der Waals surface area contributed by atoms with E-state index in [2.05, 4.69) is 16.6 Å². The fourth-order valence-electron chi connectivity index (χ4n) is 2.25. The maximum Gasteiger partial charge on any atom is 0.323 e. The molecule has 1 N–H and O–H groups in total. The molecular weight excluding hydrogens is 258 g/mol. The van der Waals surface area contributed by atoms with E-state index in [0.29, 0.717) is 6.54 Å². The van der Waals surface area contributed by atoms with Crippen LogP contribution >= 0.6 is 12.4 Å². The SMILES string of the molecule is C=C(C)C1CNC(C(=O)OC)C1CC(=O)OC.Cl. The average molecular weight is 278 g/mol. The van der Waals surface area contributed by atoms with E-state index in [4.69, 9.17) is 4.74 Å². The third kappa shape index (κ3) is 3.71. The lowest BCUT2D eigenvalue weighted by Crippen LogP contribution is -2.38. The standard InChI is InChI=1S/C12H19NO4.ClH/c1-7(2)9-6-13-11(12(15)17-4)8(9)5-10(14)16-3;/h8-9,11,13H,1,5-6H2,2-4H3;1H. The van der Waals surface area contributed by atoms with E-state index >= 15 is 0 Å². The molecule has 0 aromatic heterocycles. The molecule has 6 heteroatoms. The van der Waals surface area contributed by atoms with Gasteiger partial charge in [-0.3, -0.25) is 9.59 Å². The number of carbonyl (C=O) groups excluding carboxylic acids is 2. The summed E-state index contributed by atoms with van der Waals surface area (Å²) in [4.78, 5) is 23.0. The first-order valence-corrected chi connectivity index (χ1v) is 5.54. The van der Waals surface area contributed by atoms with Crippen molar-refractivity contribution in [1.29, 1.82) is 0 Å². The lowest BCUT2D eigenvalue weighted by Gasteiger charge is -2.21. The van der Waals surface area contributed by atoms with E-state index in [0.717, 1.165) is 5.57 Å². The molecule has 0 aromatic carbocycles. The van der Waals surface area contributed by atoms with Crippen molar-refractivity contribution in [3.8, 4) is 0 Å². The summed E-state index contributed by atoms with van der Waals surface area (Å²) < 4.78 is 9.38. The second-order valence-electron chi connectivity index (χ2n) is 4.31. The fraction of sp³-hybridized carbons (Fsp3) is 0.667. The zero-order valence-corrected chi connectivity index (χ0v) is 11.7. The van der Waals surface area contributed by atoms with Gasteiger partial charge in [0.2, 0.25) is 0 Å². The molecule has 104 valence electrons. The molecule has 1 fully saturated rings. The predicted molar refractivity (Wildman–Crippen MR) is 69.5 cm³/mol. The van der Waals surface area contributed by atoms with Gasteiger partial charge in [-0.1, -0.05) is 12.2 Å². The van der Waals surface area contributed by atoms with Crippen LogP contribution in [0.25, 0.3) is 0 Å². The van der Waals surface area contributed by atoms with Crippen molar-refractivity contribution in [3.63, 3.8) is 0 Å². The Morgan fingerprint density at radius 3 is 2.39 bits per heavy atom. The van der Waals surface area contributed by atoms with Crippen LogP contribution in [0.2, 0.25) is 0 Å². The minimum absolute atomic E-state index is 0. The Bertz CT molecular complexity index is 332. The molecule has 5 nitrogen and oxygen atoms in total. The van der Waals surface area contributed by atoms with Gasteiger partial charge in [0.1, 0.15) is 6.04 Å². The molecule has 0 radical (unpaired) electrons. The van der Waals surface area contributed by atoms with E-state index in [1.165, 1.54) is 14.2 Å². The molecule has 1 heterocycles. The number of carbonyl (C=O) groups is 2. The van der Waals surface area contributed by atoms with E-state index in [-0.39, 0.29) is 42.6 Å². The molecule has 1 aliphatic heterocycles. The fourth-order valence-corrected chi connectivity index (χ4v) is 2.25. The first-order valence-electron chi connectivity index (χ1n) is 5.54. The second kappa shape index (κ2) is 7.38. The lowest BCUT2D eigenvalue weighted by molar-refractivity contribution is -0.146. The molecular formula is C12H20ClNO4. The average Bonchev–Trinajstić information content (AvgIpc) is 2.71. The molecule has 0 amide bonds. The topological polar surface area (TPSA) is 64.6 Å². The van der Waals surface area contributed by atoms with Crippen LogP contribution in [0, 0.1) is 11.8 Å². The Balaban J connectivity index is 0.00000289. The van der Waals surface area contributed by atoms with Gasteiger partial charge >= 0.3 is 11.9 Å². The highest BCUT2D eigenvalue weighted by Crippen LogP contribution is 2.31. The smallest absolute Gasteiger partial charge is 0.323 e. The molecule has 0 spiro atoms. The maximum atomic E-state index is 11.6. The first kappa shape index (κ1) is 16.9. The summed E-state index contributed by atoms with van der Waals surface area (Å²) in [6, 6.07) is -0.458. The highest BCUT2D eigenvalue weighted by molar-refractivity contribution is 5.85. The normalized spacial score (nSPS) is 26.1. The third-order valence-electron chi connectivity index (χ3n) is 3.22. The molecule has 18 heavy (non-hydrogen) atoms. The van der Waals surface area contributed by atoms with E-state index in [9.17, 15) is 9.59 Å². The van der Waals surface area contributed by atoms with Crippen LogP contribution in [0.3, 0.4) is 0 Å². The Morgan fingerprint density at radius 1 is 1.33 bits per heavy atom. The Morgan fingerprint density at radius 2 is 1.94 bits per heavy atom. The van der Waals surface area contributed by atoms with Crippen molar-refractivity contribution in [2.75, 3.05) is 20.8 Å².